The van der Waals surface area contributed by atoms with Crippen LogP contribution in [0.3, 0.4) is 0 Å². The number of nitrogens with zero attached hydrogens (tertiary/aromatic N) is 6. The van der Waals surface area contributed by atoms with Crippen molar-refractivity contribution in [1.29, 1.82) is 0 Å². The van der Waals surface area contributed by atoms with Crippen LogP contribution in [-0.4, -0.2) is 57.4 Å². The van der Waals surface area contributed by atoms with Crippen molar-refractivity contribution in [3.63, 3.8) is 0 Å². The molecule has 148 valence electrons. The first-order valence-corrected chi connectivity index (χ1v) is 10.00. The smallest absolute Gasteiger partial charge is 0.280 e. The van der Waals surface area contributed by atoms with Crippen LogP contribution < -0.4 is 10.6 Å². The molecule has 1 fully saturated rings. The lowest BCUT2D eigenvalue weighted by Crippen LogP contribution is -2.52. The zero-order chi connectivity index (χ0) is 20.1. The first-order valence-electron chi connectivity index (χ1n) is 9.62. The van der Waals surface area contributed by atoms with E-state index in [2.05, 4.69) is 27.0 Å². The van der Waals surface area contributed by atoms with Crippen molar-refractivity contribution in [2.45, 2.75) is 6.92 Å². The zero-order valence-electron chi connectivity index (χ0n) is 16.3. The van der Waals surface area contributed by atoms with Crippen molar-refractivity contribution in [3.05, 3.63) is 63.8 Å². The molecular weight excluding hydrogens is 388 g/mol. The van der Waals surface area contributed by atoms with Gasteiger partial charge in [0.15, 0.2) is 5.65 Å². The molecule has 0 saturated carbocycles. The minimum absolute atomic E-state index is 0.0670. The molecule has 0 radical (unpaired) electrons. The fourth-order valence-electron chi connectivity index (χ4n) is 3.95. The number of pyridine rings is 1. The van der Waals surface area contributed by atoms with Crippen LogP contribution in [0.5, 0.6) is 0 Å². The summed E-state index contributed by atoms with van der Waals surface area (Å²) in [7, 11) is 2.10. The van der Waals surface area contributed by atoms with Gasteiger partial charge in [0.05, 0.1) is 16.6 Å². The summed E-state index contributed by atoms with van der Waals surface area (Å²) in [6.07, 6.45) is 3.51. The average molecular weight is 409 g/mol. The van der Waals surface area contributed by atoms with Gasteiger partial charge in [-0.15, -0.1) is 0 Å². The molecule has 0 N–H and O–H groups in total. The van der Waals surface area contributed by atoms with Gasteiger partial charge in [-0.3, -0.25) is 4.79 Å². The van der Waals surface area contributed by atoms with E-state index in [1.165, 1.54) is 0 Å². The molecule has 1 aliphatic rings. The summed E-state index contributed by atoms with van der Waals surface area (Å²) >= 11 is 6.03. The first kappa shape index (κ1) is 18.1. The number of likely N-dealkylation sites (N-methyl/N-ethyl adjacent to an activating group) is 1. The predicted molar refractivity (Wildman–Crippen MR) is 115 cm³/mol. The molecule has 0 unspecified atom stereocenters. The van der Waals surface area contributed by atoms with E-state index >= 15 is 0 Å². The van der Waals surface area contributed by atoms with Crippen LogP contribution >= 0.6 is 11.6 Å². The Morgan fingerprint density at radius 1 is 1.03 bits per heavy atom. The summed E-state index contributed by atoms with van der Waals surface area (Å²) in [6, 6.07) is 9.58. The number of fused-ring (bicyclic) bond motifs is 3. The van der Waals surface area contributed by atoms with Gasteiger partial charge in [-0.2, -0.15) is 5.10 Å². The third-order valence-corrected chi connectivity index (χ3v) is 5.84. The zero-order valence-corrected chi connectivity index (χ0v) is 17.1. The Hall–Kier alpha value is -2.90. The van der Waals surface area contributed by atoms with Gasteiger partial charge >= 0.3 is 0 Å². The van der Waals surface area contributed by atoms with Crippen molar-refractivity contribution in [1.82, 2.24) is 24.2 Å². The number of aryl methyl sites for hydroxylation is 1. The Morgan fingerprint density at radius 2 is 1.76 bits per heavy atom. The van der Waals surface area contributed by atoms with E-state index in [4.69, 9.17) is 11.6 Å². The maximum atomic E-state index is 13.2. The van der Waals surface area contributed by atoms with Crippen LogP contribution in [0.1, 0.15) is 5.69 Å². The highest BCUT2D eigenvalue weighted by Crippen LogP contribution is 2.29. The van der Waals surface area contributed by atoms with E-state index in [-0.39, 0.29) is 5.56 Å². The fourth-order valence-corrected chi connectivity index (χ4v) is 4.08. The predicted octanol–water partition coefficient (Wildman–Crippen LogP) is 2.56. The minimum Gasteiger partial charge on any atom is -0.308 e. The van der Waals surface area contributed by atoms with Crippen LogP contribution in [0.25, 0.3) is 27.7 Å². The standard InChI is InChI=1S/C21H21ClN6O/c1-14-19(15-3-5-16(22)6-4-15)20-23-13-17-18(28(20)24-14)7-8-27(21(17)29)26-11-9-25(2)10-12-26/h3-8,13H,9-12H2,1-2H3. The lowest BCUT2D eigenvalue weighted by Gasteiger charge is -2.34. The van der Waals surface area contributed by atoms with Gasteiger partial charge < -0.3 is 9.91 Å². The highest BCUT2D eigenvalue weighted by Gasteiger charge is 2.19. The van der Waals surface area contributed by atoms with E-state index in [9.17, 15) is 4.79 Å². The molecule has 1 saturated heterocycles. The summed E-state index contributed by atoms with van der Waals surface area (Å²) in [5.41, 5.74) is 4.23. The van der Waals surface area contributed by atoms with Crippen LogP contribution in [-0.2, 0) is 0 Å². The van der Waals surface area contributed by atoms with Crippen LogP contribution in [0.15, 0.2) is 47.5 Å². The molecule has 5 rings (SSSR count). The molecule has 4 heterocycles. The maximum Gasteiger partial charge on any atom is 0.280 e. The van der Waals surface area contributed by atoms with Crippen molar-refractivity contribution in [3.8, 4) is 11.1 Å². The monoisotopic (exact) mass is 408 g/mol. The molecule has 0 bridgehead atoms. The Morgan fingerprint density at radius 3 is 2.48 bits per heavy atom. The van der Waals surface area contributed by atoms with Gasteiger partial charge in [0.1, 0.15) is 0 Å². The SMILES string of the molecule is Cc1nn2c(ncc3c(=O)n(N4CCN(C)CC4)ccc32)c1-c1ccc(Cl)cc1. The number of hydrogen-bond donors (Lipinski definition) is 0. The van der Waals surface area contributed by atoms with Gasteiger partial charge in [-0.25, -0.2) is 14.2 Å². The van der Waals surface area contributed by atoms with Crippen molar-refractivity contribution < 1.29 is 0 Å². The Labute approximate surface area is 172 Å². The van der Waals surface area contributed by atoms with Crippen molar-refractivity contribution in [2.75, 3.05) is 38.2 Å². The van der Waals surface area contributed by atoms with Crippen LogP contribution in [0, 0.1) is 6.92 Å². The summed E-state index contributed by atoms with van der Waals surface area (Å²) in [5, 5.41) is 8.01. The van der Waals surface area contributed by atoms with Gasteiger partial charge in [-0.1, -0.05) is 23.7 Å². The number of aromatic nitrogens is 4. The Bertz CT molecular complexity index is 1270. The molecule has 0 spiro atoms. The lowest BCUT2D eigenvalue weighted by molar-refractivity contribution is 0.286. The minimum atomic E-state index is -0.0670. The number of piperazine rings is 1. The molecule has 0 amide bonds. The first-order chi connectivity index (χ1) is 14.0. The van der Waals surface area contributed by atoms with Gasteiger partial charge in [-0.05, 0) is 37.7 Å². The van der Waals surface area contributed by atoms with Crippen LogP contribution in [0.4, 0.5) is 0 Å². The average Bonchev–Trinajstić information content (AvgIpc) is 3.06. The van der Waals surface area contributed by atoms with E-state index in [1.807, 2.05) is 43.5 Å². The summed E-state index contributed by atoms with van der Waals surface area (Å²) in [4.78, 5) is 20.0. The molecule has 4 aromatic rings. The van der Waals surface area contributed by atoms with Crippen molar-refractivity contribution in [2.24, 2.45) is 0 Å². The lowest BCUT2D eigenvalue weighted by atomic mass is 10.1. The van der Waals surface area contributed by atoms with E-state index in [0.717, 1.165) is 54.2 Å². The molecule has 29 heavy (non-hydrogen) atoms. The fraction of sp³-hybridized carbons (Fsp3) is 0.286. The summed E-state index contributed by atoms with van der Waals surface area (Å²) in [5.74, 6) is 0. The Kier molecular flexibility index (Phi) is 4.29. The normalized spacial score (nSPS) is 15.5. The number of rotatable bonds is 2. The number of halogens is 1. The molecule has 1 aliphatic heterocycles. The second-order valence-corrected chi connectivity index (χ2v) is 7.92. The van der Waals surface area contributed by atoms with Gasteiger partial charge in [0, 0.05) is 49.2 Å². The second kappa shape index (κ2) is 6.86. The topological polar surface area (TPSA) is 58.7 Å². The van der Waals surface area contributed by atoms with Gasteiger partial charge in [0.2, 0.25) is 0 Å². The Balaban J connectivity index is 1.66. The van der Waals surface area contributed by atoms with Gasteiger partial charge in [0.25, 0.3) is 5.56 Å². The molecule has 1 aromatic carbocycles. The molecular formula is C21H21ClN6O. The number of benzene rings is 1. The molecule has 0 atom stereocenters. The second-order valence-electron chi connectivity index (χ2n) is 7.48. The third-order valence-electron chi connectivity index (χ3n) is 5.59. The molecule has 3 aromatic heterocycles. The summed E-state index contributed by atoms with van der Waals surface area (Å²) in [6.45, 7) is 5.46. The largest absolute Gasteiger partial charge is 0.308 e. The highest BCUT2D eigenvalue weighted by molar-refractivity contribution is 6.30. The van der Waals surface area contributed by atoms with Crippen LogP contribution in [0.2, 0.25) is 5.02 Å². The molecule has 0 aliphatic carbocycles. The van der Waals surface area contributed by atoms with E-state index in [0.29, 0.717) is 10.4 Å². The van der Waals surface area contributed by atoms with E-state index in [1.54, 1.807) is 15.4 Å². The highest BCUT2D eigenvalue weighted by atomic mass is 35.5. The summed E-state index contributed by atoms with van der Waals surface area (Å²) < 4.78 is 3.48. The number of hydrogen-bond acceptors (Lipinski definition) is 5. The molecule has 7 nitrogen and oxygen atoms in total. The van der Waals surface area contributed by atoms with E-state index < -0.39 is 0 Å². The maximum absolute atomic E-state index is 13.2. The van der Waals surface area contributed by atoms with Crippen molar-refractivity contribution >= 4 is 28.2 Å². The molecule has 8 heteroatoms. The third kappa shape index (κ3) is 2.97. The quantitative estimate of drug-likeness (QED) is 0.510.